The Morgan fingerprint density at radius 2 is 2.13 bits per heavy atom. The van der Waals surface area contributed by atoms with Crippen LogP contribution in [0.25, 0.3) is 0 Å². The molecule has 0 saturated heterocycles. The molecule has 1 aromatic rings. The van der Waals surface area contributed by atoms with Crippen molar-refractivity contribution >= 4 is 6.08 Å². The van der Waals surface area contributed by atoms with Gasteiger partial charge in [-0.15, -0.1) is 0 Å². The summed E-state index contributed by atoms with van der Waals surface area (Å²) in [5, 5.41) is 0. The molecule has 15 heavy (non-hydrogen) atoms. The van der Waals surface area contributed by atoms with E-state index in [1.807, 2.05) is 0 Å². The fourth-order valence-electron chi connectivity index (χ4n) is 1.16. The van der Waals surface area contributed by atoms with E-state index >= 15 is 0 Å². The first kappa shape index (κ1) is 11.3. The molecular formula is C10H9F2NO2. The largest absolute Gasteiger partial charge is 0.496 e. The van der Waals surface area contributed by atoms with E-state index in [2.05, 4.69) is 4.99 Å². The van der Waals surface area contributed by atoms with Gasteiger partial charge >= 0.3 is 0 Å². The molecule has 0 fully saturated rings. The van der Waals surface area contributed by atoms with Crippen LogP contribution >= 0.6 is 0 Å². The molecule has 0 radical (unpaired) electrons. The Morgan fingerprint density at radius 1 is 1.47 bits per heavy atom. The third-order valence-electron chi connectivity index (χ3n) is 1.84. The number of halogens is 2. The molecule has 1 aromatic carbocycles. The highest BCUT2D eigenvalue weighted by molar-refractivity contribution is 5.38. The Bertz CT molecular complexity index is 387. The highest BCUT2D eigenvalue weighted by Crippen LogP contribution is 2.34. The lowest BCUT2D eigenvalue weighted by Gasteiger charge is -2.16. The van der Waals surface area contributed by atoms with E-state index < -0.39 is 12.5 Å². The van der Waals surface area contributed by atoms with Gasteiger partial charge < -0.3 is 4.74 Å². The van der Waals surface area contributed by atoms with E-state index in [9.17, 15) is 13.6 Å². The van der Waals surface area contributed by atoms with Gasteiger partial charge in [0.15, 0.2) is 0 Å². The van der Waals surface area contributed by atoms with Crippen LogP contribution in [0.5, 0.6) is 5.75 Å². The van der Waals surface area contributed by atoms with Crippen LogP contribution in [0.15, 0.2) is 29.3 Å². The molecule has 80 valence electrons. The number of para-hydroxylation sites is 1. The Labute approximate surface area is 85.4 Å². The number of aliphatic imine (C=N–C) groups is 1. The number of rotatable bonds is 4. The number of carbonyl (C=O) groups excluding carboxylic acids is 1. The molecule has 0 aliphatic rings. The second-order valence-electron chi connectivity index (χ2n) is 2.81. The van der Waals surface area contributed by atoms with Crippen molar-refractivity contribution in [2.24, 2.45) is 4.99 Å². The molecule has 0 aliphatic carbocycles. The van der Waals surface area contributed by atoms with Crippen molar-refractivity contribution < 1.29 is 18.3 Å². The summed E-state index contributed by atoms with van der Waals surface area (Å²) in [4.78, 5) is 12.7. The highest BCUT2D eigenvalue weighted by Gasteiger charge is 2.34. The van der Waals surface area contributed by atoms with E-state index in [1.54, 1.807) is 6.07 Å². The summed E-state index contributed by atoms with van der Waals surface area (Å²) in [6.45, 7) is -0.920. The van der Waals surface area contributed by atoms with Crippen LogP contribution in [-0.4, -0.2) is 19.7 Å². The molecule has 0 saturated carbocycles. The van der Waals surface area contributed by atoms with Crippen LogP contribution in [0, 0.1) is 0 Å². The average molecular weight is 213 g/mol. The number of hydrogen-bond donors (Lipinski definition) is 0. The summed E-state index contributed by atoms with van der Waals surface area (Å²) >= 11 is 0. The van der Waals surface area contributed by atoms with Crippen molar-refractivity contribution in [1.29, 1.82) is 0 Å². The monoisotopic (exact) mass is 213 g/mol. The van der Waals surface area contributed by atoms with Gasteiger partial charge in [-0.2, -0.15) is 13.8 Å². The maximum atomic E-state index is 13.4. The second kappa shape index (κ2) is 4.66. The van der Waals surface area contributed by atoms with E-state index in [4.69, 9.17) is 4.74 Å². The summed E-state index contributed by atoms with van der Waals surface area (Å²) in [5.74, 6) is -3.15. The van der Waals surface area contributed by atoms with Crippen molar-refractivity contribution in [3.63, 3.8) is 0 Å². The number of alkyl halides is 2. The van der Waals surface area contributed by atoms with Crippen molar-refractivity contribution in [2.45, 2.75) is 5.92 Å². The van der Waals surface area contributed by atoms with Crippen molar-refractivity contribution in [3.8, 4) is 5.75 Å². The smallest absolute Gasteiger partial charge is 0.296 e. The van der Waals surface area contributed by atoms with Gasteiger partial charge in [0.05, 0.1) is 12.7 Å². The first-order chi connectivity index (χ1) is 7.11. The summed E-state index contributed by atoms with van der Waals surface area (Å²) in [5.41, 5.74) is -0.286. The number of benzene rings is 1. The highest BCUT2D eigenvalue weighted by atomic mass is 19.3. The zero-order chi connectivity index (χ0) is 11.3. The van der Waals surface area contributed by atoms with E-state index in [1.165, 1.54) is 25.3 Å². The molecule has 0 N–H and O–H groups in total. The van der Waals surface area contributed by atoms with Crippen LogP contribution in [0.3, 0.4) is 0 Å². The second-order valence-corrected chi connectivity index (χ2v) is 2.81. The van der Waals surface area contributed by atoms with Gasteiger partial charge in [0.1, 0.15) is 12.3 Å². The number of methoxy groups -OCH3 is 1. The van der Waals surface area contributed by atoms with Crippen LogP contribution < -0.4 is 4.74 Å². The SMILES string of the molecule is COc1ccccc1C(F)(F)CN=C=O. The van der Waals surface area contributed by atoms with Gasteiger partial charge in [0.2, 0.25) is 6.08 Å². The van der Waals surface area contributed by atoms with Crippen LogP contribution in [0.4, 0.5) is 8.78 Å². The molecule has 3 nitrogen and oxygen atoms in total. The average Bonchev–Trinajstić information content (AvgIpc) is 2.26. The number of hydrogen-bond acceptors (Lipinski definition) is 3. The van der Waals surface area contributed by atoms with Crippen molar-refractivity contribution in [1.82, 2.24) is 0 Å². The topological polar surface area (TPSA) is 38.7 Å². The summed E-state index contributed by atoms with van der Waals surface area (Å²) in [6, 6.07) is 5.71. The quantitative estimate of drug-likeness (QED) is 0.567. The minimum absolute atomic E-state index is 0.0728. The van der Waals surface area contributed by atoms with Gasteiger partial charge in [-0.3, -0.25) is 0 Å². The summed E-state index contributed by atoms with van der Waals surface area (Å²) in [7, 11) is 1.30. The minimum atomic E-state index is -3.22. The van der Waals surface area contributed by atoms with Gasteiger partial charge in [0, 0.05) is 0 Å². The van der Waals surface area contributed by atoms with Crippen LogP contribution in [0.1, 0.15) is 5.56 Å². The van der Waals surface area contributed by atoms with Gasteiger partial charge in [-0.25, -0.2) is 4.79 Å². The first-order valence-electron chi connectivity index (χ1n) is 4.17. The standard InChI is InChI=1S/C10H9F2NO2/c1-15-9-5-3-2-4-8(9)10(11,12)6-13-7-14/h2-5H,6H2,1H3. The molecular weight excluding hydrogens is 204 g/mol. The molecule has 0 heterocycles. The molecule has 0 unspecified atom stereocenters. The minimum Gasteiger partial charge on any atom is -0.496 e. The summed E-state index contributed by atoms with van der Waals surface area (Å²) < 4.78 is 31.7. The number of ether oxygens (including phenoxy) is 1. The number of nitrogens with zero attached hydrogens (tertiary/aromatic N) is 1. The normalized spacial score (nSPS) is 10.6. The van der Waals surface area contributed by atoms with Gasteiger partial charge in [0.25, 0.3) is 5.92 Å². The molecule has 0 bridgehead atoms. The molecule has 0 aromatic heterocycles. The lowest BCUT2D eigenvalue weighted by atomic mass is 10.1. The molecule has 0 aliphatic heterocycles. The maximum Gasteiger partial charge on any atom is 0.296 e. The zero-order valence-corrected chi connectivity index (χ0v) is 8.04. The van der Waals surface area contributed by atoms with E-state index in [0.29, 0.717) is 0 Å². The first-order valence-corrected chi connectivity index (χ1v) is 4.17. The Kier molecular flexibility index (Phi) is 3.52. The third kappa shape index (κ3) is 2.60. The van der Waals surface area contributed by atoms with Gasteiger partial charge in [-0.05, 0) is 12.1 Å². The molecule has 5 heteroatoms. The third-order valence-corrected chi connectivity index (χ3v) is 1.84. The summed E-state index contributed by atoms with van der Waals surface area (Å²) in [6.07, 6.45) is 1.09. The molecule has 0 spiro atoms. The van der Waals surface area contributed by atoms with Crippen LogP contribution in [0.2, 0.25) is 0 Å². The van der Waals surface area contributed by atoms with E-state index in [-0.39, 0.29) is 11.3 Å². The fourth-order valence-corrected chi connectivity index (χ4v) is 1.16. The zero-order valence-electron chi connectivity index (χ0n) is 8.04. The number of isocyanates is 1. The van der Waals surface area contributed by atoms with Crippen molar-refractivity contribution in [2.75, 3.05) is 13.7 Å². The molecule has 0 amide bonds. The van der Waals surface area contributed by atoms with Gasteiger partial charge in [-0.1, -0.05) is 12.1 Å². The lowest BCUT2D eigenvalue weighted by Crippen LogP contribution is -2.18. The van der Waals surface area contributed by atoms with Crippen molar-refractivity contribution in [3.05, 3.63) is 29.8 Å². The van der Waals surface area contributed by atoms with Crippen LogP contribution in [-0.2, 0) is 10.7 Å². The predicted octanol–water partition coefficient (Wildman–Crippen LogP) is 2.12. The Morgan fingerprint density at radius 3 is 2.73 bits per heavy atom. The molecule has 1 rings (SSSR count). The maximum absolute atomic E-state index is 13.4. The molecule has 0 atom stereocenters. The predicted molar refractivity (Wildman–Crippen MR) is 49.9 cm³/mol. The Hall–Kier alpha value is -1.74. The van der Waals surface area contributed by atoms with E-state index in [0.717, 1.165) is 6.08 Å². The fraction of sp³-hybridized carbons (Fsp3) is 0.300. The Balaban J connectivity index is 3.07. The lowest BCUT2D eigenvalue weighted by molar-refractivity contribution is 0.00429.